The number of alkyl halides is 2. The quantitative estimate of drug-likeness (QED) is 0.621. The maximum atomic E-state index is 12.2. The van der Waals surface area contributed by atoms with Gasteiger partial charge in [-0.3, -0.25) is 0 Å². The zero-order chi connectivity index (χ0) is 20.1. The smallest absolute Gasteiger partial charge is 0.387 e. The number of nitrogens with zero attached hydrogens (tertiary/aromatic N) is 4. The lowest BCUT2D eigenvalue weighted by Crippen LogP contribution is -2.33. The summed E-state index contributed by atoms with van der Waals surface area (Å²) in [5.41, 5.74) is 2.69. The molecule has 0 unspecified atom stereocenters. The maximum Gasteiger partial charge on any atom is 0.387 e. The van der Waals surface area contributed by atoms with Crippen molar-refractivity contribution in [2.24, 2.45) is 0 Å². The summed E-state index contributed by atoms with van der Waals surface area (Å²) >= 11 is 5.47. The molecule has 0 spiro atoms. The number of benzene rings is 2. The van der Waals surface area contributed by atoms with Crippen LogP contribution < -0.4 is 10.1 Å². The normalized spacial score (nSPS) is 11.9. The molecule has 0 saturated carbocycles. The van der Waals surface area contributed by atoms with Gasteiger partial charge in [-0.15, -0.1) is 0 Å². The lowest BCUT2D eigenvalue weighted by molar-refractivity contribution is -0.0498. The first-order chi connectivity index (χ1) is 13.4. The standard InChI is InChI=1S/C19H19F2N5OS/c1-13(14-3-7-16(8-4-14)26-12-22-11-23-26)25(2)19(28)24-15-5-9-17(10-6-15)27-18(20)21/h3-13,18H,1-2H3,(H,24,28)/t13-/m0/s1. The summed E-state index contributed by atoms with van der Waals surface area (Å²) in [4.78, 5) is 5.86. The third kappa shape index (κ3) is 4.80. The van der Waals surface area contributed by atoms with Gasteiger partial charge in [0.25, 0.3) is 0 Å². The van der Waals surface area contributed by atoms with Gasteiger partial charge in [-0.25, -0.2) is 9.67 Å². The number of nitrogens with one attached hydrogen (secondary N) is 1. The molecular formula is C19H19F2N5OS. The van der Waals surface area contributed by atoms with Crippen LogP contribution in [0.1, 0.15) is 18.5 Å². The Morgan fingerprint density at radius 3 is 2.39 bits per heavy atom. The van der Waals surface area contributed by atoms with Crippen LogP contribution in [0.25, 0.3) is 5.69 Å². The monoisotopic (exact) mass is 403 g/mol. The predicted octanol–water partition coefficient (Wildman–Crippen LogP) is 4.26. The zero-order valence-electron chi connectivity index (χ0n) is 15.3. The summed E-state index contributed by atoms with van der Waals surface area (Å²) in [6, 6.07) is 14.2. The summed E-state index contributed by atoms with van der Waals surface area (Å²) in [6.45, 7) is -0.805. The van der Waals surface area contributed by atoms with E-state index in [-0.39, 0.29) is 11.8 Å². The number of ether oxygens (including phenoxy) is 1. The Kier molecular flexibility index (Phi) is 6.15. The van der Waals surface area contributed by atoms with E-state index in [2.05, 4.69) is 20.1 Å². The molecule has 3 rings (SSSR count). The van der Waals surface area contributed by atoms with Gasteiger partial charge in [0.1, 0.15) is 18.4 Å². The summed E-state index contributed by atoms with van der Waals surface area (Å²) in [5.74, 6) is 0.0978. The van der Waals surface area contributed by atoms with Gasteiger partial charge in [0.15, 0.2) is 5.11 Å². The molecule has 0 fully saturated rings. The molecule has 0 amide bonds. The molecule has 2 aromatic carbocycles. The Hall–Kier alpha value is -3.07. The summed E-state index contributed by atoms with van der Waals surface area (Å²) in [5, 5.41) is 7.72. The molecule has 1 N–H and O–H groups in total. The van der Waals surface area contributed by atoms with Crippen LogP contribution in [0.4, 0.5) is 14.5 Å². The van der Waals surface area contributed by atoms with Crippen molar-refractivity contribution in [2.45, 2.75) is 19.6 Å². The van der Waals surface area contributed by atoms with Crippen LogP contribution >= 0.6 is 12.2 Å². The summed E-state index contributed by atoms with van der Waals surface area (Å²) in [7, 11) is 1.89. The Balaban J connectivity index is 1.62. The number of hydrogen-bond donors (Lipinski definition) is 1. The highest BCUT2D eigenvalue weighted by Gasteiger charge is 2.15. The van der Waals surface area contributed by atoms with E-state index in [1.807, 2.05) is 43.1 Å². The second-order valence-electron chi connectivity index (χ2n) is 6.05. The molecule has 3 aromatic rings. The number of thiocarbonyl (C=S) groups is 1. The van der Waals surface area contributed by atoms with Crippen molar-refractivity contribution in [1.82, 2.24) is 19.7 Å². The number of rotatable bonds is 6. The van der Waals surface area contributed by atoms with Crippen LogP contribution in [-0.2, 0) is 0 Å². The lowest BCUT2D eigenvalue weighted by Gasteiger charge is -2.28. The van der Waals surface area contributed by atoms with Gasteiger partial charge in [0.2, 0.25) is 0 Å². The van der Waals surface area contributed by atoms with Crippen LogP contribution in [0, 0.1) is 0 Å². The van der Waals surface area contributed by atoms with E-state index in [0.717, 1.165) is 11.3 Å². The molecular weight excluding hydrogens is 384 g/mol. The summed E-state index contributed by atoms with van der Waals surface area (Å²) in [6.07, 6.45) is 3.13. The molecule has 1 heterocycles. The fourth-order valence-corrected chi connectivity index (χ4v) is 2.85. The van der Waals surface area contributed by atoms with Gasteiger partial charge in [-0.05, 0) is 61.1 Å². The second-order valence-corrected chi connectivity index (χ2v) is 6.44. The molecule has 0 aliphatic heterocycles. The van der Waals surface area contributed by atoms with Crippen LogP contribution in [0.2, 0.25) is 0 Å². The van der Waals surface area contributed by atoms with Gasteiger partial charge in [0, 0.05) is 12.7 Å². The average molecular weight is 403 g/mol. The van der Waals surface area contributed by atoms with Gasteiger partial charge < -0.3 is 15.0 Å². The Morgan fingerprint density at radius 2 is 1.82 bits per heavy atom. The molecule has 0 aliphatic carbocycles. The highest BCUT2D eigenvalue weighted by molar-refractivity contribution is 7.80. The summed E-state index contributed by atoms with van der Waals surface area (Å²) < 4.78 is 30.5. The minimum atomic E-state index is -2.84. The number of aromatic nitrogens is 3. The predicted molar refractivity (Wildman–Crippen MR) is 107 cm³/mol. The number of halogens is 2. The molecule has 0 bridgehead atoms. The molecule has 1 atom stereocenters. The third-order valence-corrected chi connectivity index (χ3v) is 4.68. The zero-order valence-corrected chi connectivity index (χ0v) is 16.1. The fourth-order valence-electron chi connectivity index (χ4n) is 2.58. The Morgan fingerprint density at radius 1 is 1.14 bits per heavy atom. The molecule has 0 radical (unpaired) electrons. The lowest BCUT2D eigenvalue weighted by atomic mass is 10.1. The van der Waals surface area contributed by atoms with Crippen molar-refractivity contribution < 1.29 is 13.5 Å². The molecule has 6 nitrogen and oxygen atoms in total. The maximum absolute atomic E-state index is 12.2. The largest absolute Gasteiger partial charge is 0.435 e. The second kappa shape index (κ2) is 8.75. The van der Waals surface area contributed by atoms with Gasteiger partial charge in [-0.1, -0.05) is 12.1 Å². The van der Waals surface area contributed by atoms with Crippen molar-refractivity contribution >= 4 is 23.0 Å². The molecule has 146 valence electrons. The Bertz CT molecular complexity index is 901. The Labute approximate surface area is 166 Å². The third-order valence-electron chi connectivity index (χ3n) is 4.29. The molecule has 0 saturated heterocycles. The van der Waals surface area contributed by atoms with E-state index in [1.165, 1.54) is 18.5 Å². The van der Waals surface area contributed by atoms with Crippen LogP contribution in [0.5, 0.6) is 5.75 Å². The minimum Gasteiger partial charge on any atom is -0.435 e. The van der Waals surface area contributed by atoms with Crippen LogP contribution in [0.15, 0.2) is 61.2 Å². The first kappa shape index (κ1) is 19.7. The van der Waals surface area contributed by atoms with Gasteiger partial charge in [-0.2, -0.15) is 13.9 Å². The van der Waals surface area contributed by atoms with Crippen LogP contribution in [-0.4, -0.2) is 38.4 Å². The van der Waals surface area contributed by atoms with E-state index in [1.54, 1.807) is 23.1 Å². The van der Waals surface area contributed by atoms with Crippen molar-refractivity contribution in [3.05, 3.63) is 66.7 Å². The fraction of sp³-hybridized carbons (Fsp3) is 0.211. The van der Waals surface area contributed by atoms with Crippen LogP contribution in [0.3, 0.4) is 0 Å². The first-order valence-corrected chi connectivity index (χ1v) is 8.88. The van der Waals surface area contributed by atoms with E-state index in [9.17, 15) is 8.78 Å². The van der Waals surface area contributed by atoms with Crippen molar-refractivity contribution in [3.8, 4) is 11.4 Å². The van der Waals surface area contributed by atoms with E-state index in [4.69, 9.17) is 12.2 Å². The van der Waals surface area contributed by atoms with Gasteiger partial charge >= 0.3 is 6.61 Å². The highest BCUT2D eigenvalue weighted by atomic mass is 32.1. The molecule has 0 aliphatic rings. The average Bonchev–Trinajstić information content (AvgIpc) is 3.23. The van der Waals surface area contributed by atoms with E-state index in [0.29, 0.717) is 10.8 Å². The van der Waals surface area contributed by atoms with Crippen molar-refractivity contribution in [2.75, 3.05) is 12.4 Å². The first-order valence-electron chi connectivity index (χ1n) is 8.47. The number of anilines is 1. The van der Waals surface area contributed by atoms with E-state index >= 15 is 0 Å². The molecule has 9 heteroatoms. The van der Waals surface area contributed by atoms with Crippen molar-refractivity contribution in [3.63, 3.8) is 0 Å². The highest BCUT2D eigenvalue weighted by Crippen LogP contribution is 2.22. The van der Waals surface area contributed by atoms with Gasteiger partial charge in [0.05, 0.1) is 11.7 Å². The molecule has 1 aromatic heterocycles. The molecule has 28 heavy (non-hydrogen) atoms. The SMILES string of the molecule is C[C@@H](c1ccc(-n2cncn2)cc1)N(C)C(=S)Nc1ccc(OC(F)F)cc1. The topological polar surface area (TPSA) is 55.2 Å². The van der Waals surface area contributed by atoms with E-state index < -0.39 is 6.61 Å². The minimum absolute atomic E-state index is 0.0197. The number of hydrogen-bond acceptors (Lipinski definition) is 4. The van der Waals surface area contributed by atoms with Crippen molar-refractivity contribution in [1.29, 1.82) is 0 Å².